The molecule has 0 saturated carbocycles. The van der Waals surface area contributed by atoms with E-state index in [9.17, 15) is 13.2 Å². The SMILES string of the molecule is NC(=O)[C@H](NS(=O)(=O)c1ccc(Br)s1)c1ccccc1. The average Bonchev–Trinajstić information content (AvgIpc) is 2.84. The van der Waals surface area contributed by atoms with Crippen LogP contribution in [0.1, 0.15) is 11.6 Å². The Morgan fingerprint density at radius 3 is 2.35 bits per heavy atom. The number of benzene rings is 1. The average molecular weight is 375 g/mol. The van der Waals surface area contributed by atoms with Gasteiger partial charge >= 0.3 is 0 Å². The third-order valence-corrected chi connectivity index (χ3v) is 6.04. The smallest absolute Gasteiger partial charge is 0.251 e. The van der Waals surface area contributed by atoms with Crippen LogP contribution in [0.4, 0.5) is 0 Å². The summed E-state index contributed by atoms with van der Waals surface area (Å²) in [6.07, 6.45) is 0. The molecule has 2 aromatic rings. The number of hydrogen-bond acceptors (Lipinski definition) is 4. The standard InChI is InChI=1S/C12H11BrN2O3S2/c13-9-6-7-10(19-9)20(17,18)15-11(12(14)16)8-4-2-1-3-5-8/h1-7,11,15H,(H2,14,16)/t11-/m1/s1. The molecular weight excluding hydrogens is 364 g/mol. The van der Waals surface area contributed by atoms with Crippen LogP contribution in [0.15, 0.2) is 50.5 Å². The molecule has 1 atom stereocenters. The Morgan fingerprint density at radius 1 is 1.20 bits per heavy atom. The Kier molecular flexibility index (Phi) is 4.59. The molecule has 0 bridgehead atoms. The van der Waals surface area contributed by atoms with Crippen molar-refractivity contribution in [3.05, 3.63) is 51.8 Å². The Labute approximate surface area is 129 Å². The van der Waals surface area contributed by atoms with Crippen LogP contribution in [0.3, 0.4) is 0 Å². The minimum atomic E-state index is -3.79. The number of nitrogens with two attached hydrogens (primary N) is 1. The second kappa shape index (κ2) is 6.04. The van der Waals surface area contributed by atoms with Crippen molar-refractivity contribution >= 4 is 43.2 Å². The summed E-state index contributed by atoms with van der Waals surface area (Å²) < 4.78 is 27.5. The lowest BCUT2D eigenvalue weighted by atomic mass is 10.1. The van der Waals surface area contributed by atoms with Gasteiger partial charge in [0.2, 0.25) is 5.91 Å². The van der Waals surface area contributed by atoms with Crippen LogP contribution in [-0.4, -0.2) is 14.3 Å². The normalized spacial score (nSPS) is 13.1. The summed E-state index contributed by atoms with van der Waals surface area (Å²) in [5.74, 6) is -0.754. The summed E-state index contributed by atoms with van der Waals surface area (Å²) in [6, 6.07) is 10.5. The molecule has 0 aliphatic carbocycles. The van der Waals surface area contributed by atoms with Gasteiger partial charge in [0.1, 0.15) is 10.3 Å². The zero-order valence-corrected chi connectivity index (χ0v) is 13.3. The van der Waals surface area contributed by atoms with E-state index >= 15 is 0 Å². The van der Waals surface area contributed by atoms with Crippen LogP contribution in [0, 0.1) is 0 Å². The summed E-state index contributed by atoms with van der Waals surface area (Å²) in [6.45, 7) is 0. The highest BCUT2D eigenvalue weighted by atomic mass is 79.9. The van der Waals surface area contributed by atoms with Gasteiger partial charge in [-0.25, -0.2) is 8.42 Å². The highest BCUT2D eigenvalue weighted by molar-refractivity contribution is 9.11. The molecule has 0 aliphatic heterocycles. The Bertz CT molecular complexity index is 713. The first kappa shape index (κ1) is 15.2. The number of carbonyl (C=O) groups excluding carboxylic acids is 1. The molecule has 106 valence electrons. The van der Waals surface area contributed by atoms with Crippen molar-refractivity contribution in [1.29, 1.82) is 0 Å². The topological polar surface area (TPSA) is 89.3 Å². The number of nitrogens with one attached hydrogen (secondary N) is 1. The van der Waals surface area contributed by atoms with E-state index in [2.05, 4.69) is 20.7 Å². The van der Waals surface area contributed by atoms with E-state index in [0.29, 0.717) is 9.35 Å². The van der Waals surface area contributed by atoms with Crippen molar-refractivity contribution in [3.8, 4) is 0 Å². The molecule has 0 fully saturated rings. The van der Waals surface area contributed by atoms with Crippen molar-refractivity contribution in [2.75, 3.05) is 0 Å². The number of carbonyl (C=O) groups is 1. The van der Waals surface area contributed by atoms with Gasteiger partial charge in [-0.1, -0.05) is 30.3 Å². The van der Waals surface area contributed by atoms with E-state index in [4.69, 9.17) is 5.73 Å². The number of thiophene rings is 1. The second-order valence-electron chi connectivity index (χ2n) is 3.93. The lowest BCUT2D eigenvalue weighted by Gasteiger charge is -2.15. The van der Waals surface area contributed by atoms with Gasteiger partial charge in [-0.2, -0.15) is 4.72 Å². The number of halogens is 1. The van der Waals surface area contributed by atoms with Gasteiger partial charge in [0.15, 0.2) is 0 Å². The summed E-state index contributed by atoms with van der Waals surface area (Å²) >= 11 is 4.26. The molecule has 1 amide bonds. The van der Waals surface area contributed by atoms with Gasteiger partial charge < -0.3 is 5.73 Å². The molecule has 1 aromatic heterocycles. The van der Waals surface area contributed by atoms with Crippen molar-refractivity contribution in [2.45, 2.75) is 10.3 Å². The number of primary amides is 1. The van der Waals surface area contributed by atoms with Crippen molar-refractivity contribution in [3.63, 3.8) is 0 Å². The molecule has 20 heavy (non-hydrogen) atoms. The quantitative estimate of drug-likeness (QED) is 0.838. The van der Waals surface area contributed by atoms with Crippen LogP contribution < -0.4 is 10.5 Å². The van der Waals surface area contributed by atoms with Gasteiger partial charge in [0.05, 0.1) is 3.79 Å². The molecule has 1 heterocycles. The van der Waals surface area contributed by atoms with Gasteiger partial charge in [-0.15, -0.1) is 11.3 Å². The summed E-state index contributed by atoms with van der Waals surface area (Å²) in [5.41, 5.74) is 5.79. The van der Waals surface area contributed by atoms with Crippen molar-refractivity contribution in [1.82, 2.24) is 4.72 Å². The molecule has 5 nitrogen and oxygen atoms in total. The highest BCUT2D eigenvalue weighted by Crippen LogP contribution is 2.27. The Hall–Kier alpha value is -1.22. The minimum Gasteiger partial charge on any atom is -0.368 e. The van der Waals surface area contributed by atoms with E-state index in [1.807, 2.05) is 0 Å². The molecule has 0 saturated heterocycles. The lowest BCUT2D eigenvalue weighted by Crippen LogP contribution is -2.37. The lowest BCUT2D eigenvalue weighted by molar-refractivity contribution is -0.119. The van der Waals surface area contributed by atoms with Crippen molar-refractivity contribution in [2.24, 2.45) is 5.73 Å². The number of sulfonamides is 1. The van der Waals surface area contributed by atoms with Crippen LogP contribution >= 0.6 is 27.3 Å². The number of rotatable bonds is 5. The molecule has 3 N–H and O–H groups in total. The highest BCUT2D eigenvalue weighted by Gasteiger charge is 2.26. The maximum Gasteiger partial charge on any atom is 0.251 e. The largest absolute Gasteiger partial charge is 0.368 e. The fraction of sp³-hybridized carbons (Fsp3) is 0.0833. The first-order valence-corrected chi connectivity index (χ1v) is 8.61. The van der Waals surface area contributed by atoms with E-state index in [1.165, 1.54) is 6.07 Å². The zero-order valence-electron chi connectivity index (χ0n) is 10.1. The predicted molar refractivity (Wildman–Crippen MR) is 80.7 cm³/mol. The molecule has 8 heteroatoms. The summed E-state index contributed by atoms with van der Waals surface area (Å²) in [7, 11) is -3.79. The van der Waals surface area contributed by atoms with Gasteiger partial charge in [-0.05, 0) is 33.6 Å². The third-order valence-electron chi connectivity index (χ3n) is 2.50. The van der Waals surface area contributed by atoms with E-state index < -0.39 is 22.0 Å². The second-order valence-corrected chi connectivity index (χ2v) is 8.33. The molecule has 0 spiro atoms. The first-order valence-electron chi connectivity index (χ1n) is 5.52. The zero-order chi connectivity index (χ0) is 14.8. The van der Waals surface area contributed by atoms with Crippen LogP contribution in [0.2, 0.25) is 0 Å². The molecule has 2 rings (SSSR count). The summed E-state index contributed by atoms with van der Waals surface area (Å²) in [4.78, 5) is 11.5. The molecular formula is C12H11BrN2O3S2. The van der Waals surface area contributed by atoms with E-state index in [-0.39, 0.29) is 4.21 Å². The Morgan fingerprint density at radius 2 is 1.85 bits per heavy atom. The van der Waals surface area contributed by atoms with Gasteiger partial charge in [0, 0.05) is 0 Å². The molecule has 0 aliphatic rings. The maximum atomic E-state index is 12.2. The minimum absolute atomic E-state index is 0.117. The van der Waals surface area contributed by atoms with Crippen LogP contribution in [0.25, 0.3) is 0 Å². The van der Waals surface area contributed by atoms with Crippen LogP contribution in [-0.2, 0) is 14.8 Å². The number of amides is 1. The van der Waals surface area contributed by atoms with Crippen LogP contribution in [0.5, 0.6) is 0 Å². The van der Waals surface area contributed by atoms with E-state index in [0.717, 1.165) is 11.3 Å². The molecule has 0 radical (unpaired) electrons. The summed E-state index contributed by atoms with van der Waals surface area (Å²) in [5, 5.41) is 0. The fourth-order valence-corrected chi connectivity index (χ4v) is 4.81. The predicted octanol–water partition coefficient (Wildman–Crippen LogP) is 2.02. The fourth-order valence-electron chi connectivity index (χ4n) is 1.59. The first-order chi connectivity index (χ1) is 9.40. The maximum absolute atomic E-state index is 12.2. The van der Waals surface area contributed by atoms with Gasteiger partial charge in [0.25, 0.3) is 10.0 Å². The molecule has 1 aromatic carbocycles. The van der Waals surface area contributed by atoms with Crippen molar-refractivity contribution < 1.29 is 13.2 Å². The van der Waals surface area contributed by atoms with E-state index in [1.54, 1.807) is 36.4 Å². The third kappa shape index (κ3) is 3.45. The van der Waals surface area contributed by atoms with Gasteiger partial charge in [-0.3, -0.25) is 4.79 Å². The number of hydrogen-bond donors (Lipinski definition) is 2. The molecule has 0 unspecified atom stereocenters. The Balaban J connectivity index is 2.32. The monoisotopic (exact) mass is 374 g/mol.